The average Bonchev–Trinajstić information content (AvgIpc) is 2.37. The highest BCUT2D eigenvalue weighted by Crippen LogP contribution is 2.22. The molecule has 3 nitrogen and oxygen atoms in total. The van der Waals surface area contributed by atoms with Crippen LogP contribution in [0, 0.1) is 11.3 Å². The van der Waals surface area contributed by atoms with Crippen molar-refractivity contribution >= 4 is 10.9 Å². The molecule has 0 saturated heterocycles. The second-order valence-corrected chi connectivity index (χ2v) is 3.97. The zero-order valence-corrected chi connectivity index (χ0v) is 9.97. The molecule has 0 aliphatic heterocycles. The van der Waals surface area contributed by atoms with Gasteiger partial charge < -0.3 is 4.74 Å². The molecule has 0 radical (unpaired) electrons. The summed E-state index contributed by atoms with van der Waals surface area (Å²) in [7, 11) is 0. The summed E-state index contributed by atoms with van der Waals surface area (Å²) in [4.78, 5) is 4.40. The number of hydrogen-bond acceptors (Lipinski definition) is 3. The second-order valence-electron chi connectivity index (χ2n) is 3.97. The number of para-hydroxylation sites is 1. The minimum absolute atomic E-state index is 0.107. The van der Waals surface area contributed by atoms with Crippen molar-refractivity contribution in [2.45, 2.75) is 26.4 Å². The molecule has 3 heteroatoms. The van der Waals surface area contributed by atoms with Crippen molar-refractivity contribution in [2.24, 2.45) is 0 Å². The summed E-state index contributed by atoms with van der Waals surface area (Å²) in [6.45, 7) is 4.04. The van der Waals surface area contributed by atoms with Gasteiger partial charge in [-0.15, -0.1) is 0 Å². The third-order valence-corrected chi connectivity index (χ3v) is 2.71. The van der Waals surface area contributed by atoms with E-state index >= 15 is 0 Å². The fourth-order valence-electron chi connectivity index (χ4n) is 1.59. The van der Waals surface area contributed by atoms with Crippen molar-refractivity contribution in [3.05, 3.63) is 35.9 Å². The predicted molar refractivity (Wildman–Crippen MR) is 66.8 cm³/mol. The number of nitrogens with zero attached hydrogens (tertiary/aromatic N) is 2. The van der Waals surface area contributed by atoms with E-state index in [0.717, 1.165) is 17.3 Å². The summed E-state index contributed by atoms with van der Waals surface area (Å²) in [5.41, 5.74) is 1.40. The highest BCUT2D eigenvalue weighted by molar-refractivity contribution is 5.85. The van der Waals surface area contributed by atoms with Gasteiger partial charge >= 0.3 is 0 Å². The van der Waals surface area contributed by atoms with Crippen LogP contribution >= 0.6 is 0 Å². The smallest absolute Gasteiger partial charge is 0.215 e. The van der Waals surface area contributed by atoms with Crippen LogP contribution in [0.4, 0.5) is 0 Å². The van der Waals surface area contributed by atoms with E-state index in [0.29, 0.717) is 11.4 Å². The van der Waals surface area contributed by atoms with Gasteiger partial charge in [-0.25, -0.2) is 4.98 Å². The summed E-state index contributed by atoms with van der Waals surface area (Å²) < 4.78 is 5.65. The first-order valence-electron chi connectivity index (χ1n) is 5.71. The Morgan fingerprint density at radius 1 is 1.41 bits per heavy atom. The lowest BCUT2D eigenvalue weighted by atomic mass is 10.1. The van der Waals surface area contributed by atoms with Crippen LogP contribution in [0.3, 0.4) is 0 Å². The number of aromatic nitrogens is 1. The molecule has 2 rings (SSSR count). The Morgan fingerprint density at radius 3 is 2.88 bits per heavy atom. The quantitative estimate of drug-likeness (QED) is 0.806. The van der Waals surface area contributed by atoms with Crippen LogP contribution in [0.25, 0.3) is 10.9 Å². The van der Waals surface area contributed by atoms with Crippen LogP contribution in [-0.2, 0) is 0 Å². The van der Waals surface area contributed by atoms with E-state index < -0.39 is 0 Å². The average molecular weight is 226 g/mol. The van der Waals surface area contributed by atoms with Gasteiger partial charge in [-0.3, -0.25) is 0 Å². The normalized spacial score (nSPS) is 12.1. The maximum atomic E-state index is 9.12. The topological polar surface area (TPSA) is 45.9 Å². The van der Waals surface area contributed by atoms with Crippen molar-refractivity contribution in [1.29, 1.82) is 5.26 Å². The van der Waals surface area contributed by atoms with Crippen LogP contribution in [0.2, 0.25) is 0 Å². The molecule has 1 unspecified atom stereocenters. The van der Waals surface area contributed by atoms with Gasteiger partial charge in [-0.2, -0.15) is 5.26 Å². The van der Waals surface area contributed by atoms with Crippen molar-refractivity contribution in [3.63, 3.8) is 0 Å². The number of rotatable bonds is 3. The maximum Gasteiger partial charge on any atom is 0.215 e. The van der Waals surface area contributed by atoms with E-state index in [-0.39, 0.29) is 6.10 Å². The Labute approximate surface area is 101 Å². The fraction of sp³-hybridized carbons (Fsp3) is 0.286. The number of benzene rings is 1. The molecule has 1 atom stereocenters. The molecule has 2 aromatic rings. The summed E-state index contributed by atoms with van der Waals surface area (Å²) in [6.07, 6.45) is 1.02. The zero-order valence-electron chi connectivity index (χ0n) is 9.97. The monoisotopic (exact) mass is 226 g/mol. The van der Waals surface area contributed by atoms with Gasteiger partial charge in [0, 0.05) is 11.5 Å². The van der Waals surface area contributed by atoms with Crippen LogP contribution in [0.1, 0.15) is 25.8 Å². The minimum Gasteiger partial charge on any atom is -0.475 e. The molecule has 1 aromatic carbocycles. The van der Waals surface area contributed by atoms with Crippen molar-refractivity contribution < 1.29 is 4.74 Å². The first-order valence-corrected chi connectivity index (χ1v) is 5.71. The van der Waals surface area contributed by atoms with Crippen LogP contribution in [0.5, 0.6) is 5.88 Å². The van der Waals surface area contributed by atoms with Gasteiger partial charge in [-0.05, 0) is 19.4 Å². The second kappa shape index (κ2) is 4.84. The summed E-state index contributed by atoms with van der Waals surface area (Å²) in [5, 5.41) is 9.99. The maximum absolute atomic E-state index is 9.12. The number of pyridine rings is 1. The Balaban J connectivity index is 2.50. The Kier molecular flexibility index (Phi) is 3.24. The van der Waals surface area contributed by atoms with Crippen LogP contribution < -0.4 is 4.74 Å². The lowest BCUT2D eigenvalue weighted by Crippen LogP contribution is -2.10. The van der Waals surface area contributed by atoms with Crippen molar-refractivity contribution in [1.82, 2.24) is 4.98 Å². The van der Waals surface area contributed by atoms with Gasteiger partial charge in [0.25, 0.3) is 0 Å². The molecule has 17 heavy (non-hydrogen) atoms. The molecular weight excluding hydrogens is 212 g/mol. The molecule has 0 bridgehead atoms. The van der Waals surface area contributed by atoms with Crippen LogP contribution in [0.15, 0.2) is 30.3 Å². The van der Waals surface area contributed by atoms with E-state index in [9.17, 15) is 0 Å². The van der Waals surface area contributed by atoms with E-state index in [4.69, 9.17) is 10.00 Å². The molecule has 0 aliphatic rings. The molecule has 0 saturated carbocycles. The van der Waals surface area contributed by atoms with Gasteiger partial charge in [-0.1, -0.05) is 25.1 Å². The minimum atomic E-state index is 0.107. The first-order chi connectivity index (χ1) is 8.24. The molecule has 1 aromatic heterocycles. The molecular formula is C14H14N2O. The number of ether oxygens (including phenoxy) is 1. The number of hydrogen-bond donors (Lipinski definition) is 0. The standard InChI is InChI=1S/C14H14N2O/c1-3-10(2)17-14-8-11(9-15)12-6-4-5-7-13(12)16-14/h4-8,10H,3H2,1-2H3. The van der Waals surface area contributed by atoms with Gasteiger partial charge in [0.1, 0.15) is 6.07 Å². The highest BCUT2D eigenvalue weighted by atomic mass is 16.5. The third-order valence-electron chi connectivity index (χ3n) is 2.71. The lowest BCUT2D eigenvalue weighted by molar-refractivity contribution is 0.209. The van der Waals surface area contributed by atoms with Crippen LogP contribution in [-0.4, -0.2) is 11.1 Å². The molecule has 0 aliphatic carbocycles. The summed E-state index contributed by atoms with van der Waals surface area (Å²) in [6, 6.07) is 11.5. The molecule has 1 heterocycles. The third kappa shape index (κ3) is 2.36. The van der Waals surface area contributed by atoms with Crippen molar-refractivity contribution in [3.8, 4) is 11.9 Å². The molecule has 0 fully saturated rings. The summed E-state index contributed by atoms with van der Waals surface area (Å²) >= 11 is 0. The zero-order chi connectivity index (χ0) is 12.3. The number of fused-ring (bicyclic) bond motifs is 1. The van der Waals surface area contributed by atoms with E-state index in [1.165, 1.54) is 0 Å². The largest absolute Gasteiger partial charge is 0.475 e. The lowest BCUT2D eigenvalue weighted by Gasteiger charge is -2.12. The molecule has 0 amide bonds. The SMILES string of the molecule is CCC(C)Oc1cc(C#N)c2ccccc2n1. The molecule has 86 valence electrons. The van der Waals surface area contributed by atoms with Gasteiger partial charge in [0.05, 0.1) is 17.2 Å². The van der Waals surface area contributed by atoms with E-state index in [2.05, 4.69) is 18.0 Å². The number of nitriles is 1. The van der Waals surface area contributed by atoms with E-state index in [1.807, 2.05) is 31.2 Å². The predicted octanol–water partition coefficient (Wildman–Crippen LogP) is 3.28. The summed E-state index contributed by atoms with van der Waals surface area (Å²) in [5.74, 6) is 0.523. The Morgan fingerprint density at radius 2 is 2.18 bits per heavy atom. The molecule has 0 N–H and O–H groups in total. The fourth-order valence-corrected chi connectivity index (χ4v) is 1.59. The molecule has 0 spiro atoms. The van der Waals surface area contributed by atoms with E-state index in [1.54, 1.807) is 6.07 Å². The Bertz CT molecular complexity index is 572. The highest BCUT2D eigenvalue weighted by Gasteiger charge is 2.08. The van der Waals surface area contributed by atoms with Crippen molar-refractivity contribution in [2.75, 3.05) is 0 Å². The first kappa shape index (κ1) is 11.4. The van der Waals surface area contributed by atoms with Gasteiger partial charge in [0.15, 0.2) is 0 Å². The van der Waals surface area contributed by atoms with Gasteiger partial charge in [0.2, 0.25) is 5.88 Å². The Hall–Kier alpha value is -2.08.